The van der Waals surface area contributed by atoms with Crippen LogP contribution in [0, 0.1) is 0 Å². The fourth-order valence-electron chi connectivity index (χ4n) is 2.97. The molecule has 2 heteroatoms. The maximum Gasteiger partial charge on any atom is 0.137 e. The van der Waals surface area contributed by atoms with Crippen molar-refractivity contribution in [2.24, 2.45) is 0 Å². The van der Waals surface area contributed by atoms with Gasteiger partial charge in [0.25, 0.3) is 0 Å². The lowest BCUT2D eigenvalue weighted by Gasteiger charge is -2.37. The quantitative estimate of drug-likeness (QED) is 0.715. The molecule has 0 amide bonds. The summed E-state index contributed by atoms with van der Waals surface area (Å²) in [6, 6.07) is 21.8. The van der Waals surface area contributed by atoms with E-state index in [1.165, 1.54) is 24.2 Å². The van der Waals surface area contributed by atoms with Gasteiger partial charge in [-0.25, -0.2) is 0 Å². The molecule has 0 fully saturated rings. The van der Waals surface area contributed by atoms with E-state index in [9.17, 15) is 0 Å². The van der Waals surface area contributed by atoms with Gasteiger partial charge in [-0.3, -0.25) is 4.48 Å². The summed E-state index contributed by atoms with van der Waals surface area (Å²) in [5.41, 5.74) is 2.80. The zero-order valence-electron chi connectivity index (χ0n) is 12.4. The van der Waals surface area contributed by atoms with Gasteiger partial charge in [0.2, 0.25) is 0 Å². The molecule has 0 aliphatic rings. The fourth-order valence-corrected chi connectivity index (χ4v) is 2.97. The van der Waals surface area contributed by atoms with Crippen LogP contribution in [0.4, 0.5) is 11.4 Å². The van der Waals surface area contributed by atoms with Gasteiger partial charge in [0, 0.05) is 0 Å². The van der Waals surface area contributed by atoms with Crippen LogP contribution in [0.1, 0.15) is 26.7 Å². The first-order valence-electron chi connectivity index (χ1n) is 7.32. The van der Waals surface area contributed by atoms with Gasteiger partial charge in [0.1, 0.15) is 11.4 Å². The van der Waals surface area contributed by atoms with E-state index in [0.29, 0.717) is 0 Å². The second-order valence-electron chi connectivity index (χ2n) is 5.09. The van der Waals surface area contributed by atoms with Crippen molar-refractivity contribution < 1.29 is 12.4 Å². The van der Waals surface area contributed by atoms with E-state index < -0.39 is 0 Å². The molecule has 0 unspecified atom stereocenters. The lowest BCUT2D eigenvalue weighted by atomic mass is 10.1. The van der Waals surface area contributed by atoms with E-state index in [1.54, 1.807) is 0 Å². The average Bonchev–Trinajstić information content (AvgIpc) is 2.49. The van der Waals surface area contributed by atoms with E-state index in [2.05, 4.69) is 74.5 Å². The molecule has 0 radical (unpaired) electrons. The Kier molecular flexibility index (Phi) is 6.77. The van der Waals surface area contributed by atoms with E-state index >= 15 is 0 Å². The molecule has 2 rings (SSSR count). The Hall–Kier alpha value is -1.31. The molecule has 2 aromatic rings. The molecule has 0 aliphatic carbocycles. The second kappa shape index (κ2) is 8.08. The van der Waals surface area contributed by atoms with Gasteiger partial charge in [0.15, 0.2) is 0 Å². The van der Waals surface area contributed by atoms with Crippen LogP contribution in [0.15, 0.2) is 60.7 Å². The van der Waals surface area contributed by atoms with Crippen LogP contribution in [0.25, 0.3) is 0 Å². The maximum absolute atomic E-state index is 2.27. The Morgan fingerprint density at radius 2 is 1.00 bits per heavy atom. The Labute approximate surface area is 129 Å². The summed E-state index contributed by atoms with van der Waals surface area (Å²) in [7, 11) is 0. The van der Waals surface area contributed by atoms with E-state index in [0.717, 1.165) is 17.6 Å². The van der Waals surface area contributed by atoms with E-state index in [-0.39, 0.29) is 12.4 Å². The molecule has 0 atom stereocenters. The molecular weight excluding hydrogens is 266 g/mol. The summed E-state index contributed by atoms with van der Waals surface area (Å²) in [6.45, 7) is 6.85. The third-order valence-corrected chi connectivity index (χ3v) is 3.71. The van der Waals surface area contributed by atoms with Crippen molar-refractivity contribution in [3.05, 3.63) is 60.7 Å². The Bertz CT molecular complexity index is 434. The maximum atomic E-state index is 2.27. The number of hydrogen-bond donors (Lipinski definition) is 0. The first-order valence-corrected chi connectivity index (χ1v) is 7.32. The summed E-state index contributed by atoms with van der Waals surface area (Å²) in [5, 5.41) is 0. The Balaban J connectivity index is 0.00000200. The van der Waals surface area contributed by atoms with Gasteiger partial charge in [-0.2, -0.15) is 0 Å². The van der Waals surface area contributed by atoms with Gasteiger partial charge >= 0.3 is 0 Å². The van der Waals surface area contributed by atoms with Crippen LogP contribution in [0.3, 0.4) is 0 Å². The van der Waals surface area contributed by atoms with Crippen molar-refractivity contribution in [3.8, 4) is 0 Å². The average molecular weight is 290 g/mol. The standard InChI is InChI=1S/C18H24N.ClH/c1-3-15-19(16-4-2,17-11-7-5-8-12-17)18-13-9-6-10-14-18;/h5-14H,3-4,15-16H2,1-2H3;1H/q+1;/p-1. The van der Waals surface area contributed by atoms with Crippen molar-refractivity contribution in [2.75, 3.05) is 13.1 Å². The number of hydrogen-bond acceptors (Lipinski definition) is 0. The molecule has 0 saturated heterocycles. The number of rotatable bonds is 6. The van der Waals surface area contributed by atoms with Crippen molar-refractivity contribution in [3.63, 3.8) is 0 Å². The number of benzene rings is 2. The van der Waals surface area contributed by atoms with Crippen molar-refractivity contribution >= 4 is 11.4 Å². The van der Waals surface area contributed by atoms with Crippen LogP contribution in [-0.2, 0) is 0 Å². The zero-order chi connectivity index (χ0) is 13.6. The smallest absolute Gasteiger partial charge is 0.137 e. The minimum Gasteiger partial charge on any atom is -1.00 e. The van der Waals surface area contributed by atoms with Crippen LogP contribution in [0.2, 0.25) is 0 Å². The SMILES string of the molecule is CCC[N+](CCC)(c1ccccc1)c1ccccc1.[Cl-]. The minimum absolute atomic E-state index is 0. The highest BCUT2D eigenvalue weighted by Gasteiger charge is 2.31. The van der Waals surface area contributed by atoms with Crippen molar-refractivity contribution in [2.45, 2.75) is 26.7 Å². The van der Waals surface area contributed by atoms with Gasteiger partial charge in [-0.1, -0.05) is 50.2 Å². The summed E-state index contributed by atoms with van der Waals surface area (Å²) in [4.78, 5) is 0. The van der Waals surface area contributed by atoms with Gasteiger partial charge in [-0.05, 0) is 37.1 Å². The molecule has 2 aromatic carbocycles. The minimum atomic E-state index is 0. The number of nitrogens with zero attached hydrogens (tertiary/aromatic N) is 1. The topological polar surface area (TPSA) is 0 Å². The molecule has 0 N–H and O–H groups in total. The summed E-state index contributed by atoms with van der Waals surface area (Å²) < 4.78 is 0.967. The van der Waals surface area contributed by atoms with Gasteiger partial charge in [-0.15, -0.1) is 0 Å². The fraction of sp³-hybridized carbons (Fsp3) is 0.333. The monoisotopic (exact) mass is 289 g/mol. The highest BCUT2D eigenvalue weighted by atomic mass is 35.5. The molecule has 0 aromatic heterocycles. The van der Waals surface area contributed by atoms with Crippen LogP contribution in [0.5, 0.6) is 0 Å². The molecule has 1 nitrogen and oxygen atoms in total. The molecule has 0 saturated carbocycles. The zero-order valence-corrected chi connectivity index (χ0v) is 13.2. The normalized spacial score (nSPS) is 10.9. The summed E-state index contributed by atoms with van der Waals surface area (Å²) in [5.74, 6) is 0. The third kappa shape index (κ3) is 3.41. The van der Waals surface area contributed by atoms with Crippen LogP contribution >= 0.6 is 0 Å². The lowest BCUT2D eigenvalue weighted by molar-refractivity contribution is -0.00000394. The van der Waals surface area contributed by atoms with Gasteiger partial charge in [0.05, 0.1) is 13.1 Å². The molecular formula is C18H24ClN. The third-order valence-electron chi connectivity index (χ3n) is 3.71. The molecule has 0 heterocycles. The lowest BCUT2D eigenvalue weighted by Crippen LogP contribution is -3.00. The second-order valence-corrected chi connectivity index (χ2v) is 5.09. The van der Waals surface area contributed by atoms with Crippen LogP contribution in [-0.4, -0.2) is 13.1 Å². The van der Waals surface area contributed by atoms with Crippen molar-refractivity contribution in [1.29, 1.82) is 0 Å². The number of halogens is 1. The predicted molar refractivity (Wildman–Crippen MR) is 84.7 cm³/mol. The first kappa shape index (κ1) is 16.7. The van der Waals surface area contributed by atoms with Gasteiger partial charge < -0.3 is 12.4 Å². The molecule has 0 aliphatic heterocycles. The summed E-state index contributed by atoms with van der Waals surface area (Å²) in [6.07, 6.45) is 2.37. The van der Waals surface area contributed by atoms with E-state index in [1.807, 2.05) is 0 Å². The van der Waals surface area contributed by atoms with Crippen LogP contribution < -0.4 is 16.9 Å². The van der Waals surface area contributed by atoms with E-state index in [4.69, 9.17) is 0 Å². The molecule has 0 bridgehead atoms. The number of para-hydroxylation sites is 2. The first-order chi connectivity index (χ1) is 9.33. The largest absolute Gasteiger partial charge is 1.00 e. The Morgan fingerprint density at radius 3 is 1.30 bits per heavy atom. The Morgan fingerprint density at radius 1 is 0.650 bits per heavy atom. The molecule has 108 valence electrons. The van der Waals surface area contributed by atoms with Crippen molar-refractivity contribution in [1.82, 2.24) is 4.48 Å². The molecule has 20 heavy (non-hydrogen) atoms. The molecule has 0 spiro atoms. The highest BCUT2D eigenvalue weighted by molar-refractivity contribution is 5.58. The predicted octanol–water partition coefficient (Wildman–Crippen LogP) is 2.15. The highest BCUT2D eigenvalue weighted by Crippen LogP contribution is 2.35. The number of quaternary nitrogens is 1. The summed E-state index contributed by atoms with van der Waals surface area (Å²) >= 11 is 0.